The molecule has 0 radical (unpaired) electrons. The van der Waals surface area contributed by atoms with Gasteiger partial charge in [0.25, 0.3) is 10.0 Å². The number of methoxy groups -OCH3 is 1. The number of imidazole rings is 1. The molecule has 2 bridgehead atoms. The van der Waals surface area contributed by atoms with Crippen LogP contribution in [0, 0.1) is 0 Å². The molecule has 3 atom stereocenters. The van der Waals surface area contributed by atoms with Crippen LogP contribution in [0.5, 0.6) is 5.75 Å². The number of piperidine rings is 1. The van der Waals surface area contributed by atoms with Gasteiger partial charge in [-0.2, -0.15) is 4.31 Å². The molecule has 7 nitrogen and oxygen atoms in total. The lowest BCUT2D eigenvalue weighted by atomic mass is 9.74. The van der Waals surface area contributed by atoms with Crippen LogP contribution in [0.3, 0.4) is 0 Å². The number of hydrogen-bond acceptors (Lipinski definition) is 5. The zero-order chi connectivity index (χ0) is 20.9. The molecule has 0 aliphatic carbocycles. The molecule has 0 amide bonds. The topological polar surface area (TPSA) is 76.5 Å². The van der Waals surface area contributed by atoms with E-state index >= 15 is 0 Å². The quantitative estimate of drug-likeness (QED) is 0.680. The number of nitrogens with zero attached hydrogens (tertiary/aromatic N) is 3. The molecule has 1 N–H and O–H groups in total. The molecule has 1 unspecified atom stereocenters. The Kier molecular flexibility index (Phi) is 4.65. The number of aryl methyl sites for hydroxylation is 1. The molecule has 8 heteroatoms. The monoisotopic (exact) mass is 424 g/mol. The fraction of sp³-hybridized carbons (Fsp3) is 0.318. The maximum atomic E-state index is 13.1. The lowest BCUT2D eigenvalue weighted by Gasteiger charge is -2.57. The Morgan fingerprint density at radius 3 is 2.43 bits per heavy atom. The van der Waals surface area contributed by atoms with Gasteiger partial charge in [0.05, 0.1) is 13.4 Å². The third kappa shape index (κ3) is 3.03. The van der Waals surface area contributed by atoms with Gasteiger partial charge in [0.1, 0.15) is 5.75 Å². The summed E-state index contributed by atoms with van der Waals surface area (Å²) in [5.74, 6) is 1.01. The third-order valence-corrected chi connectivity index (χ3v) is 7.95. The minimum Gasteiger partial charge on any atom is -0.497 e. The highest BCUT2D eigenvalue weighted by atomic mass is 32.2. The zero-order valence-corrected chi connectivity index (χ0v) is 17.7. The van der Waals surface area contributed by atoms with Crippen molar-refractivity contribution in [3.8, 4) is 16.9 Å². The predicted octanol–water partition coefficient (Wildman–Crippen LogP) is 2.22. The minimum atomic E-state index is -3.59. The first-order valence-corrected chi connectivity index (χ1v) is 11.4. The Morgan fingerprint density at radius 1 is 1.07 bits per heavy atom. The molecule has 1 aromatic heterocycles. The van der Waals surface area contributed by atoms with Crippen molar-refractivity contribution in [3.05, 3.63) is 66.6 Å². The Morgan fingerprint density at radius 2 is 1.80 bits per heavy atom. The summed E-state index contributed by atoms with van der Waals surface area (Å²) in [6.45, 7) is 1.29. The second-order valence-electron chi connectivity index (χ2n) is 7.89. The first kappa shape index (κ1) is 19.3. The maximum Gasteiger partial charge on any atom is 0.262 e. The number of ether oxygens (including phenoxy) is 1. The Bertz CT molecular complexity index is 1160. The van der Waals surface area contributed by atoms with Gasteiger partial charge in [0, 0.05) is 44.3 Å². The van der Waals surface area contributed by atoms with E-state index in [0.717, 1.165) is 16.9 Å². The van der Waals surface area contributed by atoms with Gasteiger partial charge in [0.2, 0.25) is 0 Å². The minimum absolute atomic E-state index is 0.0987. The standard InChI is InChI=1S/C22H24N4O3S/c1-25-13-21(24-14-25)30(27,28)26-19-11-23-12-20(26)22(19)16-8-6-15(7-9-16)17-4-3-5-18(10-17)29-2/h3-10,13-14,19-20,22-23H,11-12H2,1-2H3/t19-,20+,22?. The van der Waals surface area contributed by atoms with Crippen molar-refractivity contribution < 1.29 is 13.2 Å². The second kappa shape index (κ2) is 7.23. The van der Waals surface area contributed by atoms with Crippen LogP contribution in [-0.2, 0) is 17.1 Å². The van der Waals surface area contributed by atoms with E-state index in [9.17, 15) is 8.42 Å². The summed E-state index contributed by atoms with van der Waals surface area (Å²) in [5.41, 5.74) is 3.37. The van der Waals surface area contributed by atoms with Gasteiger partial charge in [-0.25, -0.2) is 13.4 Å². The largest absolute Gasteiger partial charge is 0.497 e. The fourth-order valence-corrected chi connectivity index (χ4v) is 6.48. The summed E-state index contributed by atoms with van der Waals surface area (Å²) in [5, 5.41) is 3.47. The molecule has 2 aliphatic heterocycles. The van der Waals surface area contributed by atoms with Gasteiger partial charge in [-0.15, -0.1) is 0 Å². The number of rotatable bonds is 5. The molecule has 0 spiro atoms. The summed E-state index contributed by atoms with van der Waals surface area (Å²) in [4.78, 5) is 4.08. The molecule has 3 heterocycles. The van der Waals surface area contributed by atoms with Crippen molar-refractivity contribution in [1.29, 1.82) is 0 Å². The lowest BCUT2D eigenvalue weighted by Crippen LogP contribution is -2.73. The van der Waals surface area contributed by atoms with Gasteiger partial charge >= 0.3 is 0 Å². The van der Waals surface area contributed by atoms with Crippen molar-refractivity contribution in [1.82, 2.24) is 19.2 Å². The van der Waals surface area contributed by atoms with E-state index in [1.54, 1.807) is 29.2 Å². The summed E-state index contributed by atoms with van der Waals surface area (Å²) in [7, 11) is -0.155. The van der Waals surface area contributed by atoms with Crippen LogP contribution in [0.1, 0.15) is 11.5 Å². The Hall–Kier alpha value is -2.68. The van der Waals surface area contributed by atoms with E-state index in [4.69, 9.17) is 4.74 Å². The SMILES string of the molecule is COc1cccc(-c2ccc(C3[C@H]4CNC[C@@H]3N4S(=O)(=O)c3cn(C)cn3)cc2)c1. The predicted molar refractivity (Wildman–Crippen MR) is 114 cm³/mol. The molecule has 3 aromatic rings. The fourth-order valence-electron chi connectivity index (χ4n) is 4.66. The van der Waals surface area contributed by atoms with Gasteiger partial charge in [-0.3, -0.25) is 0 Å². The van der Waals surface area contributed by atoms with Crippen LogP contribution in [-0.4, -0.2) is 54.6 Å². The normalized spacial score (nSPS) is 23.7. The van der Waals surface area contributed by atoms with Crippen LogP contribution in [0.2, 0.25) is 0 Å². The smallest absolute Gasteiger partial charge is 0.262 e. The summed E-state index contributed by atoms with van der Waals surface area (Å²) >= 11 is 0. The maximum absolute atomic E-state index is 13.1. The Labute approximate surface area is 176 Å². The molecule has 2 aliphatic rings. The molecular weight excluding hydrogens is 400 g/mol. The average molecular weight is 425 g/mol. The number of fused-ring (bicyclic) bond motifs is 2. The van der Waals surface area contributed by atoms with E-state index in [-0.39, 0.29) is 23.0 Å². The average Bonchev–Trinajstić information content (AvgIpc) is 3.22. The number of piperazine rings is 1. The number of sulfonamides is 1. The van der Waals surface area contributed by atoms with Crippen LogP contribution in [0.4, 0.5) is 0 Å². The van der Waals surface area contributed by atoms with Crippen molar-refractivity contribution in [3.63, 3.8) is 0 Å². The van der Waals surface area contributed by atoms with Gasteiger partial charge < -0.3 is 14.6 Å². The highest BCUT2D eigenvalue weighted by Crippen LogP contribution is 2.45. The summed E-state index contributed by atoms with van der Waals surface area (Å²) in [6.07, 6.45) is 3.09. The van der Waals surface area contributed by atoms with Crippen molar-refractivity contribution in [2.45, 2.75) is 23.0 Å². The summed E-state index contributed by atoms with van der Waals surface area (Å²) in [6, 6.07) is 16.2. The molecule has 2 fully saturated rings. The number of hydrogen-bond donors (Lipinski definition) is 1. The Balaban J connectivity index is 1.40. The molecular formula is C22H24N4O3S. The molecule has 5 rings (SSSR count). The third-order valence-electron chi connectivity index (χ3n) is 6.11. The van der Waals surface area contributed by atoms with E-state index in [1.165, 1.54) is 11.9 Å². The number of benzene rings is 2. The van der Waals surface area contributed by atoms with Crippen molar-refractivity contribution >= 4 is 10.0 Å². The van der Waals surface area contributed by atoms with E-state index in [1.807, 2.05) is 18.2 Å². The summed E-state index contributed by atoms with van der Waals surface area (Å²) < 4.78 is 34.9. The highest BCUT2D eigenvalue weighted by Gasteiger charge is 2.57. The molecule has 2 saturated heterocycles. The number of nitrogens with one attached hydrogen (secondary N) is 1. The van der Waals surface area contributed by atoms with E-state index in [0.29, 0.717) is 13.1 Å². The van der Waals surface area contributed by atoms with Gasteiger partial charge in [-0.1, -0.05) is 36.4 Å². The first-order valence-electron chi connectivity index (χ1n) is 9.95. The molecule has 2 aromatic carbocycles. The van der Waals surface area contributed by atoms with Crippen LogP contribution >= 0.6 is 0 Å². The van der Waals surface area contributed by atoms with E-state index < -0.39 is 10.0 Å². The van der Waals surface area contributed by atoms with Crippen molar-refractivity contribution in [2.75, 3.05) is 20.2 Å². The first-order chi connectivity index (χ1) is 14.5. The second-order valence-corrected chi connectivity index (χ2v) is 9.68. The highest BCUT2D eigenvalue weighted by molar-refractivity contribution is 7.89. The van der Waals surface area contributed by atoms with Crippen LogP contribution in [0.15, 0.2) is 66.1 Å². The molecule has 0 saturated carbocycles. The zero-order valence-electron chi connectivity index (χ0n) is 16.9. The number of aromatic nitrogens is 2. The molecule has 156 valence electrons. The molecule has 30 heavy (non-hydrogen) atoms. The van der Waals surface area contributed by atoms with Crippen LogP contribution in [0.25, 0.3) is 11.1 Å². The lowest BCUT2D eigenvalue weighted by molar-refractivity contribution is 0.0368. The van der Waals surface area contributed by atoms with E-state index in [2.05, 4.69) is 40.6 Å². The van der Waals surface area contributed by atoms with Gasteiger partial charge in [0.15, 0.2) is 5.03 Å². The van der Waals surface area contributed by atoms with Crippen molar-refractivity contribution in [2.24, 2.45) is 7.05 Å². The van der Waals surface area contributed by atoms with Gasteiger partial charge in [-0.05, 0) is 28.8 Å². The van der Waals surface area contributed by atoms with Crippen LogP contribution < -0.4 is 10.1 Å².